The Hall–Kier alpha value is -1.88. The third kappa shape index (κ3) is 3.17. The number of aliphatic carboxylic acids is 1. The normalized spacial score (nSPS) is 20.5. The molecule has 0 heterocycles. The van der Waals surface area contributed by atoms with Crippen LogP contribution in [0.3, 0.4) is 0 Å². The summed E-state index contributed by atoms with van der Waals surface area (Å²) in [6.45, 7) is 1.02. The van der Waals surface area contributed by atoms with Crippen LogP contribution < -0.4 is 0 Å². The van der Waals surface area contributed by atoms with Gasteiger partial charge in [0.25, 0.3) is 5.91 Å². The Bertz CT molecular complexity index is 514. The van der Waals surface area contributed by atoms with Crippen LogP contribution >= 0.6 is 0 Å². The van der Waals surface area contributed by atoms with Crippen molar-refractivity contribution in [1.29, 1.82) is 0 Å². The molecule has 1 amide bonds. The van der Waals surface area contributed by atoms with Gasteiger partial charge in [-0.2, -0.15) is 0 Å². The molecular weight excluding hydrogens is 258 g/mol. The summed E-state index contributed by atoms with van der Waals surface area (Å²) in [5.41, 5.74) is 1.53. The lowest BCUT2D eigenvalue weighted by atomic mass is 10.0. The van der Waals surface area contributed by atoms with Gasteiger partial charge < -0.3 is 14.7 Å². The first-order valence-electron chi connectivity index (χ1n) is 6.61. The second-order valence-corrected chi connectivity index (χ2v) is 5.13. The molecule has 0 radical (unpaired) electrons. The predicted octanol–water partition coefficient (Wildman–Crippen LogP) is 1.59. The number of methoxy groups -OCH3 is 1. The average Bonchev–Trinajstić information content (AvgIpc) is 3.24. The van der Waals surface area contributed by atoms with Crippen molar-refractivity contribution in [3.05, 3.63) is 35.4 Å². The Morgan fingerprint density at radius 1 is 1.45 bits per heavy atom. The van der Waals surface area contributed by atoms with Crippen LogP contribution in [-0.2, 0) is 9.53 Å². The van der Waals surface area contributed by atoms with Crippen LogP contribution in [0.2, 0.25) is 0 Å². The summed E-state index contributed by atoms with van der Waals surface area (Å²) in [6, 6.07) is 7.26. The summed E-state index contributed by atoms with van der Waals surface area (Å²) in [4.78, 5) is 24.7. The molecule has 0 aromatic heterocycles. The summed E-state index contributed by atoms with van der Waals surface area (Å²) in [6.07, 6.45) is 0.659. The van der Waals surface area contributed by atoms with E-state index in [4.69, 9.17) is 9.84 Å². The highest BCUT2D eigenvalue weighted by molar-refractivity contribution is 5.94. The average molecular weight is 277 g/mol. The smallest absolute Gasteiger partial charge is 0.307 e. The molecule has 1 fully saturated rings. The lowest BCUT2D eigenvalue weighted by molar-refractivity contribution is -0.138. The maximum absolute atomic E-state index is 12.2. The van der Waals surface area contributed by atoms with Gasteiger partial charge in [0.05, 0.1) is 12.5 Å². The minimum atomic E-state index is -0.760. The molecule has 1 aromatic carbocycles. The van der Waals surface area contributed by atoms with Gasteiger partial charge in [0.2, 0.25) is 0 Å². The molecule has 5 heteroatoms. The van der Waals surface area contributed by atoms with Gasteiger partial charge in [-0.3, -0.25) is 9.59 Å². The highest BCUT2D eigenvalue weighted by Crippen LogP contribution is 2.47. The van der Waals surface area contributed by atoms with Crippen molar-refractivity contribution in [1.82, 2.24) is 4.90 Å². The van der Waals surface area contributed by atoms with E-state index in [2.05, 4.69) is 0 Å². The number of carbonyl (C=O) groups excluding carboxylic acids is 1. The van der Waals surface area contributed by atoms with Crippen molar-refractivity contribution >= 4 is 11.9 Å². The summed E-state index contributed by atoms with van der Waals surface area (Å²) in [5.74, 6) is -1.09. The summed E-state index contributed by atoms with van der Waals surface area (Å²) in [7, 11) is 3.32. The molecule has 1 aromatic rings. The van der Waals surface area contributed by atoms with E-state index in [-0.39, 0.29) is 17.7 Å². The number of hydrogen-bond acceptors (Lipinski definition) is 3. The Morgan fingerprint density at radius 2 is 2.20 bits per heavy atom. The Labute approximate surface area is 118 Å². The molecule has 0 spiro atoms. The van der Waals surface area contributed by atoms with E-state index < -0.39 is 5.97 Å². The predicted molar refractivity (Wildman–Crippen MR) is 73.8 cm³/mol. The summed E-state index contributed by atoms with van der Waals surface area (Å²) >= 11 is 0. The monoisotopic (exact) mass is 277 g/mol. The molecule has 2 rings (SSSR count). The molecule has 20 heavy (non-hydrogen) atoms. The van der Waals surface area contributed by atoms with Crippen LogP contribution in [0.1, 0.15) is 28.3 Å². The van der Waals surface area contributed by atoms with Crippen molar-refractivity contribution < 1.29 is 19.4 Å². The lowest BCUT2D eigenvalue weighted by Gasteiger charge is -2.17. The molecule has 0 aliphatic heterocycles. The number of hydrogen-bond donors (Lipinski definition) is 1. The molecule has 0 bridgehead atoms. The molecular formula is C15H19NO4. The summed E-state index contributed by atoms with van der Waals surface area (Å²) < 4.78 is 4.95. The highest BCUT2D eigenvalue weighted by Gasteiger charge is 2.44. The van der Waals surface area contributed by atoms with E-state index in [1.54, 1.807) is 31.2 Å². The number of carboxylic acids is 1. The van der Waals surface area contributed by atoms with Crippen LogP contribution in [0, 0.1) is 5.92 Å². The molecule has 2 unspecified atom stereocenters. The van der Waals surface area contributed by atoms with Gasteiger partial charge in [0, 0.05) is 26.3 Å². The largest absolute Gasteiger partial charge is 0.481 e. The summed E-state index contributed by atoms with van der Waals surface area (Å²) in [5, 5.41) is 8.96. The van der Waals surface area contributed by atoms with Gasteiger partial charge in [0.1, 0.15) is 0 Å². The number of amides is 1. The first kappa shape index (κ1) is 14.5. The van der Waals surface area contributed by atoms with Crippen LogP contribution in [0.25, 0.3) is 0 Å². The second kappa shape index (κ2) is 6.05. The first-order valence-corrected chi connectivity index (χ1v) is 6.61. The van der Waals surface area contributed by atoms with Crippen LogP contribution in [-0.4, -0.2) is 49.2 Å². The minimum Gasteiger partial charge on any atom is -0.481 e. The third-order valence-electron chi connectivity index (χ3n) is 3.65. The van der Waals surface area contributed by atoms with Crippen molar-refractivity contribution in [3.63, 3.8) is 0 Å². The van der Waals surface area contributed by atoms with Crippen LogP contribution in [0.4, 0.5) is 0 Å². The van der Waals surface area contributed by atoms with Gasteiger partial charge in [-0.15, -0.1) is 0 Å². The maximum atomic E-state index is 12.2. The van der Waals surface area contributed by atoms with E-state index in [1.807, 2.05) is 12.1 Å². The van der Waals surface area contributed by atoms with Gasteiger partial charge in [-0.25, -0.2) is 0 Å². The Morgan fingerprint density at radius 3 is 2.80 bits per heavy atom. The SMILES string of the molecule is COCCN(C)C(=O)c1cccc(C2CC2C(=O)O)c1. The van der Waals surface area contributed by atoms with E-state index in [1.165, 1.54) is 0 Å². The van der Waals surface area contributed by atoms with Crippen molar-refractivity contribution in [3.8, 4) is 0 Å². The van der Waals surface area contributed by atoms with E-state index >= 15 is 0 Å². The van der Waals surface area contributed by atoms with Crippen molar-refractivity contribution in [2.24, 2.45) is 5.92 Å². The Balaban J connectivity index is 2.06. The van der Waals surface area contributed by atoms with E-state index in [0.717, 1.165) is 5.56 Å². The van der Waals surface area contributed by atoms with E-state index in [0.29, 0.717) is 25.1 Å². The molecule has 1 N–H and O–H groups in total. The van der Waals surface area contributed by atoms with Gasteiger partial charge >= 0.3 is 5.97 Å². The maximum Gasteiger partial charge on any atom is 0.307 e. The fourth-order valence-corrected chi connectivity index (χ4v) is 2.29. The van der Waals surface area contributed by atoms with E-state index in [9.17, 15) is 9.59 Å². The molecule has 0 saturated heterocycles. The molecule has 1 saturated carbocycles. The number of rotatable bonds is 6. The molecule has 5 nitrogen and oxygen atoms in total. The molecule has 1 aliphatic rings. The minimum absolute atomic E-state index is 0.0459. The van der Waals surface area contributed by atoms with Gasteiger partial charge in [0.15, 0.2) is 0 Å². The number of likely N-dealkylation sites (N-methyl/N-ethyl adjacent to an activating group) is 1. The second-order valence-electron chi connectivity index (χ2n) is 5.13. The van der Waals surface area contributed by atoms with Gasteiger partial charge in [-0.1, -0.05) is 12.1 Å². The zero-order valence-electron chi connectivity index (χ0n) is 11.7. The lowest BCUT2D eigenvalue weighted by Crippen LogP contribution is -2.29. The topological polar surface area (TPSA) is 66.8 Å². The Kier molecular flexibility index (Phi) is 4.39. The number of ether oxygens (including phenoxy) is 1. The van der Waals surface area contributed by atoms with Crippen molar-refractivity contribution in [2.45, 2.75) is 12.3 Å². The standard InChI is InChI=1S/C15H19NO4/c1-16(6-7-20-2)14(17)11-5-3-4-10(8-11)12-9-13(12)15(18)19/h3-5,8,12-13H,6-7,9H2,1-2H3,(H,18,19). The molecule has 108 valence electrons. The third-order valence-corrected chi connectivity index (χ3v) is 3.65. The number of nitrogens with zero attached hydrogens (tertiary/aromatic N) is 1. The molecule has 1 aliphatic carbocycles. The zero-order valence-corrected chi connectivity index (χ0v) is 11.7. The quantitative estimate of drug-likeness (QED) is 0.857. The molecule has 2 atom stereocenters. The fourth-order valence-electron chi connectivity index (χ4n) is 2.29. The number of carboxylic acid groups (broad SMARTS) is 1. The zero-order chi connectivity index (χ0) is 14.7. The van der Waals surface area contributed by atoms with Crippen LogP contribution in [0.5, 0.6) is 0 Å². The van der Waals surface area contributed by atoms with Gasteiger partial charge in [-0.05, 0) is 30.0 Å². The van der Waals surface area contributed by atoms with Crippen LogP contribution in [0.15, 0.2) is 24.3 Å². The van der Waals surface area contributed by atoms with Crippen molar-refractivity contribution in [2.75, 3.05) is 27.3 Å². The highest BCUT2D eigenvalue weighted by atomic mass is 16.5. The number of benzene rings is 1. The number of carbonyl (C=O) groups is 2. The fraction of sp³-hybridized carbons (Fsp3) is 0.467. The first-order chi connectivity index (χ1) is 9.54.